The number of aliphatic hydroxyl groups excluding tert-OH is 1. The van der Waals surface area contributed by atoms with Gasteiger partial charge in [0.05, 0.1) is 24.5 Å². The zero-order chi connectivity index (χ0) is 33.0. The molecular weight excluding hydrogens is 602 g/mol. The number of likely N-dealkylation sites (N-methyl/N-ethyl adjacent to an activating group) is 1. The molecule has 1 saturated heterocycles. The summed E-state index contributed by atoms with van der Waals surface area (Å²) in [7, 11) is 3.50. The Labute approximate surface area is 264 Å². The molecule has 13 nitrogen and oxygen atoms in total. The number of esters is 3. The lowest BCUT2D eigenvalue weighted by molar-refractivity contribution is -0.180. The van der Waals surface area contributed by atoms with Gasteiger partial charge in [-0.2, -0.15) is 0 Å². The third kappa shape index (κ3) is 4.89. The van der Waals surface area contributed by atoms with Gasteiger partial charge in [0, 0.05) is 23.6 Å². The number of rotatable bonds is 10. The van der Waals surface area contributed by atoms with Crippen LogP contribution in [0.4, 0.5) is 0 Å². The average Bonchev–Trinajstić information content (AvgIpc) is 3.39. The first-order chi connectivity index (χ1) is 21.9. The van der Waals surface area contributed by atoms with Gasteiger partial charge in [-0.3, -0.25) is 4.79 Å². The molecule has 13 heteroatoms. The smallest absolute Gasteiger partial charge is 0.349 e. The number of carboxylic acid groups (broad SMARTS) is 1. The molecular formula is C33H35NO12. The predicted molar refractivity (Wildman–Crippen MR) is 157 cm³/mol. The van der Waals surface area contributed by atoms with Crippen molar-refractivity contribution in [1.82, 2.24) is 4.90 Å². The Bertz CT molecular complexity index is 1610. The first-order valence-electron chi connectivity index (χ1n) is 15.0. The van der Waals surface area contributed by atoms with E-state index in [0.29, 0.717) is 30.9 Å². The highest BCUT2D eigenvalue weighted by atomic mass is 16.6. The predicted octanol–water partition coefficient (Wildman–Crippen LogP) is 1.57. The van der Waals surface area contributed by atoms with Crippen molar-refractivity contribution in [3.63, 3.8) is 0 Å². The number of carbonyl (C=O) groups excluding carboxylic acids is 3. The highest BCUT2D eigenvalue weighted by Crippen LogP contribution is 2.65. The molecule has 0 saturated carbocycles. The largest absolute Gasteiger partial charge is 0.493 e. The highest BCUT2D eigenvalue weighted by Gasteiger charge is 2.72. The van der Waals surface area contributed by atoms with E-state index >= 15 is 0 Å². The van der Waals surface area contributed by atoms with Crippen LogP contribution in [0.25, 0.3) is 0 Å². The second-order valence-corrected chi connectivity index (χ2v) is 12.1. The lowest BCUT2D eigenvalue weighted by Crippen LogP contribution is -2.74. The zero-order valence-corrected chi connectivity index (χ0v) is 25.5. The maximum absolute atomic E-state index is 13.0. The molecule has 2 bridgehead atoms. The van der Waals surface area contributed by atoms with Gasteiger partial charge in [0.15, 0.2) is 29.8 Å². The third-order valence-corrected chi connectivity index (χ3v) is 9.61. The minimum Gasteiger partial charge on any atom is -0.493 e. The summed E-state index contributed by atoms with van der Waals surface area (Å²) in [5.74, 6) is -3.70. The van der Waals surface area contributed by atoms with Crippen LogP contribution in [0.2, 0.25) is 0 Å². The summed E-state index contributed by atoms with van der Waals surface area (Å²) in [5.41, 5.74) is -0.0389. The first kappa shape index (κ1) is 31.5. The first-order valence-corrected chi connectivity index (χ1v) is 15.0. The van der Waals surface area contributed by atoms with Crippen molar-refractivity contribution in [3.8, 4) is 11.5 Å². The second kappa shape index (κ2) is 11.7. The van der Waals surface area contributed by atoms with Crippen LogP contribution in [0.5, 0.6) is 11.5 Å². The van der Waals surface area contributed by atoms with Crippen LogP contribution in [-0.2, 0) is 45.2 Å². The van der Waals surface area contributed by atoms with E-state index in [-0.39, 0.29) is 23.8 Å². The third-order valence-electron chi connectivity index (χ3n) is 9.61. The van der Waals surface area contributed by atoms with Crippen molar-refractivity contribution in [1.29, 1.82) is 0 Å². The van der Waals surface area contributed by atoms with E-state index in [1.54, 1.807) is 24.3 Å². The fourth-order valence-corrected chi connectivity index (χ4v) is 7.40. The number of methoxy groups -OCH3 is 1. The summed E-state index contributed by atoms with van der Waals surface area (Å²) in [6.07, 6.45) is -3.95. The molecule has 1 fully saturated rings. The Morgan fingerprint density at radius 3 is 2.52 bits per heavy atom. The van der Waals surface area contributed by atoms with Crippen LogP contribution in [0.15, 0.2) is 54.3 Å². The summed E-state index contributed by atoms with van der Waals surface area (Å²) in [6.45, 7) is 1.83. The lowest BCUT2D eigenvalue weighted by Gasteiger charge is -2.61. The highest BCUT2D eigenvalue weighted by molar-refractivity contribution is 5.86. The second-order valence-electron chi connectivity index (χ2n) is 12.1. The number of hydrogen-bond acceptors (Lipinski definition) is 12. The average molecular weight is 638 g/mol. The van der Waals surface area contributed by atoms with Crippen LogP contribution >= 0.6 is 0 Å². The minimum atomic E-state index is -2.00. The maximum Gasteiger partial charge on any atom is 0.349 e. The zero-order valence-electron chi connectivity index (χ0n) is 25.5. The number of carbonyl (C=O) groups is 4. The van der Waals surface area contributed by atoms with Gasteiger partial charge in [0.2, 0.25) is 6.10 Å². The molecule has 46 heavy (non-hydrogen) atoms. The normalized spacial score (nSPS) is 27.5. The molecule has 2 aliphatic carbocycles. The molecule has 244 valence electrons. The fourth-order valence-electron chi connectivity index (χ4n) is 7.40. The Balaban J connectivity index is 1.13. The molecule has 0 amide bonds. The molecule has 1 spiro atoms. The lowest BCUT2D eigenvalue weighted by atomic mass is 9.50. The van der Waals surface area contributed by atoms with Gasteiger partial charge in [-0.15, -0.1) is 0 Å². The Hall–Kier alpha value is -4.46. The number of nitrogens with zero attached hydrogens (tertiary/aromatic N) is 1. The van der Waals surface area contributed by atoms with Gasteiger partial charge in [-0.05, 0) is 51.1 Å². The van der Waals surface area contributed by atoms with Crippen molar-refractivity contribution < 1.29 is 58.2 Å². The molecule has 2 aromatic carbocycles. The van der Waals surface area contributed by atoms with E-state index < -0.39 is 65.7 Å². The number of ether oxygens (including phenoxy) is 5. The molecule has 0 aromatic heterocycles. The van der Waals surface area contributed by atoms with E-state index in [2.05, 4.69) is 4.90 Å². The molecule has 4 aliphatic rings. The summed E-state index contributed by atoms with van der Waals surface area (Å²) in [4.78, 5) is 51.9. The van der Waals surface area contributed by atoms with Gasteiger partial charge in [0.25, 0.3) is 0 Å². The summed E-state index contributed by atoms with van der Waals surface area (Å²) >= 11 is 0. The number of benzene rings is 2. The molecule has 7 atom stereocenters. The van der Waals surface area contributed by atoms with E-state index in [1.165, 1.54) is 19.2 Å². The fraction of sp³-hybridized carbons (Fsp3) is 0.455. The minimum absolute atomic E-state index is 0.155. The molecule has 0 radical (unpaired) electrons. The summed E-state index contributed by atoms with van der Waals surface area (Å²) in [6, 6.07) is 11.3. The molecule has 2 heterocycles. The Kier molecular flexibility index (Phi) is 8.03. The quantitative estimate of drug-likeness (QED) is 0.253. The Morgan fingerprint density at radius 2 is 1.83 bits per heavy atom. The van der Waals surface area contributed by atoms with Gasteiger partial charge < -0.3 is 43.9 Å². The van der Waals surface area contributed by atoms with Crippen molar-refractivity contribution in [3.05, 3.63) is 71.0 Å². The van der Waals surface area contributed by atoms with Gasteiger partial charge in [-0.25, -0.2) is 14.4 Å². The van der Waals surface area contributed by atoms with Crippen molar-refractivity contribution in [2.24, 2.45) is 0 Å². The van der Waals surface area contributed by atoms with Crippen LogP contribution in [-0.4, -0.2) is 94.8 Å². The summed E-state index contributed by atoms with van der Waals surface area (Å²) in [5, 5.41) is 32.2. The molecule has 2 aromatic rings. The topological polar surface area (TPSA) is 178 Å². The van der Waals surface area contributed by atoms with Crippen molar-refractivity contribution in [2.45, 2.75) is 74.1 Å². The maximum atomic E-state index is 13.0. The van der Waals surface area contributed by atoms with Crippen LogP contribution in [0, 0.1) is 0 Å². The monoisotopic (exact) mass is 637 g/mol. The Morgan fingerprint density at radius 1 is 1.09 bits per heavy atom. The SMILES string of the molecule is COc1ccc2c3c1O[C@@H]1C(OC(=O)C[C@H](O)C(=O)O[C@@H](C)C(=O)O[C@H](C(=O)O)c4ccccc4)=CC[C@]4(O)[C@H](C2)N(C)CC[C@@]314. The molecule has 3 N–H and O–H groups in total. The summed E-state index contributed by atoms with van der Waals surface area (Å²) < 4.78 is 27.7. The van der Waals surface area contributed by atoms with E-state index in [4.69, 9.17) is 23.7 Å². The van der Waals surface area contributed by atoms with Crippen molar-refractivity contribution >= 4 is 23.9 Å². The number of aliphatic carboxylic acids is 1. The standard InChI is InChI=1S/C33H35NO12/c1-17(30(39)46-26(29(37)38)18-7-5-4-6-8-18)43-31(40)20(35)16-24(36)44-22-11-12-33(41)23-15-19-9-10-21(42-3)27-25(19)32(33,28(22)45-27)13-14-34(23)2/h4-11,17,20,23,26,28,35,41H,12-16H2,1-3H3,(H,37,38)/t17-,20-,23-,26-,28+,32+,33-/m0/s1. The molecule has 6 rings (SSSR count). The number of carboxylic acids is 1. The van der Waals surface area contributed by atoms with Crippen LogP contribution < -0.4 is 9.47 Å². The number of likely N-dealkylation sites (tertiary alicyclic amines) is 1. The number of hydrogen-bond donors (Lipinski definition) is 3. The molecule has 2 aliphatic heterocycles. The van der Waals surface area contributed by atoms with E-state index in [1.807, 2.05) is 19.2 Å². The van der Waals surface area contributed by atoms with Gasteiger partial charge >= 0.3 is 23.9 Å². The number of piperidine rings is 1. The van der Waals surface area contributed by atoms with Gasteiger partial charge in [0.1, 0.15) is 5.76 Å². The van der Waals surface area contributed by atoms with Gasteiger partial charge in [-0.1, -0.05) is 36.4 Å². The number of aliphatic hydroxyl groups is 2. The van der Waals surface area contributed by atoms with E-state index in [0.717, 1.165) is 18.1 Å². The van der Waals surface area contributed by atoms with E-state index in [9.17, 15) is 34.5 Å². The van der Waals surface area contributed by atoms with Crippen LogP contribution in [0.3, 0.4) is 0 Å². The van der Waals surface area contributed by atoms with Crippen molar-refractivity contribution in [2.75, 3.05) is 20.7 Å². The molecule has 0 unspecified atom stereocenters. The van der Waals surface area contributed by atoms with Crippen LogP contribution in [0.1, 0.15) is 49.0 Å².